The Morgan fingerprint density at radius 2 is 2.19 bits per heavy atom. The lowest BCUT2D eigenvalue weighted by molar-refractivity contribution is 0.0999. The standard InChI is InChI=1S/C19H17ClN4OS/c1-12-14(19(22)25)10-17(16-11-26-18(23-16)6-8-21)24(12)9-7-13-4-2-3-5-15(13)20/h2-5,10-11H,6-7,9H2,1H3,(H2,22,25). The first-order valence-corrected chi connectivity index (χ1v) is 9.32. The van der Waals surface area contributed by atoms with Crippen molar-refractivity contribution >= 4 is 28.8 Å². The van der Waals surface area contributed by atoms with E-state index in [2.05, 4.69) is 11.1 Å². The Bertz CT molecular complexity index is 999. The van der Waals surface area contributed by atoms with Crippen LogP contribution >= 0.6 is 22.9 Å². The van der Waals surface area contributed by atoms with Crippen LogP contribution in [0.25, 0.3) is 11.4 Å². The predicted octanol–water partition coefficient (Wildman–Crippen LogP) is 3.98. The molecule has 0 fully saturated rings. The highest BCUT2D eigenvalue weighted by molar-refractivity contribution is 7.10. The van der Waals surface area contributed by atoms with E-state index in [0.29, 0.717) is 12.1 Å². The van der Waals surface area contributed by atoms with E-state index < -0.39 is 5.91 Å². The van der Waals surface area contributed by atoms with Crippen LogP contribution in [0.5, 0.6) is 0 Å². The number of benzene rings is 1. The molecule has 0 unspecified atom stereocenters. The van der Waals surface area contributed by atoms with E-state index in [9.17, 15) is 4.79 Å². The van der Waals surface area contributed by atoms with Crippen molar-refractivity contribution in [2.75, 3.05) is 0 Å². The number of amides is 1. The number of halogens is 1. The van der Waals surface area contributed by atoms with Crippen LogP contribution in [0.3, 0.4) is 0 Å². The van der Waals surface area contributed by atoms with E-state index in [-0.39, 0.29) is 6.42 Å². The number of nitrogens with two attached hydrogens (primary N) is 1. The van der Waals surface area contributed by atoms with Gasteiger partial charge in [0, 0.05) is 22.6 Å². The first-order valence-electron chi connectivity index (χ1n) is 8.06. The average Bonchev–Trinajstić information content (AvgIpc) is 3.19. The summed E-state index contributed by atoms with van der Waals surface area (Å²) in [5, 5.41) is 12.2. The molecule has 1 amide bonds. The van der Waals surface area contributed by atoms with Gasteiger partial charge in [0.05, 0.1) is 29.4 Å². The number of nitriles is 1. The molecule has 5 nitrogen and oxygen atoms in total. The van der Waals surface area contributed by atoms with Crippen molar-refractivity contribution in [2.24, 2.45) is 5.73 Å². The molecule has 0 saturated heterocycles. The highest BCUT2D eigenvalue weighted by Crippen LogP contribution is 2.28. The molecular weight excluding hydrogens is 368 g/mol. The van der Waals surface area contributed by atoms with Crippen LogP contribution in [-0.4, -0.2) is 15.5 Å². The summed E-state index contributed by atoms with van der Waals surface area (Å²) in [6.45, 7) is 2.52. The number of carbonyl (C=O) groups excluding carboxylic acids is 1. The van der Waals surface area contributed by atoms with Gasteiger partial charge in [-0.1, -0.05) is 29.8 Å². The Morgan fingerprint density at radius 3 is 2.88 bits per heavy atom. The molecule has 0 bridgehead atoms. The molecule has 1 aromatic carbocycles. The fourth-order valence-electron chi connectivity index (χ4n) is 2.91. The van der Waals surface area contributed by atoms with E-state index in [1.165, 1.54) is 11.3 Å². The van der Waals surface area contributed by atoms with E-state index in [1.54, 1.807) is 6.07 Å². The number of thiazole rings is 1. The third-order valence-electron chi connectivity index (χ3n) is 4.24. The molecule has 2 N–H and O–H groups in total. The van der Waals surface area contributed by atoms with Gasteiger partial charge < -0.3 is 10.3 Å². The van der Waals surface area contributed by atoms with Gasteiger partial charge in [-0.3, -0.25) is 4.79 Å². The number of hydrogen-bond donors (Lipinski definition) is 1. The molecule has 3 rings (SSSR count). The summed E-state index contributed by atoms with van der Waals surface area (Å²) in [5.74, 6) is -0.465. The first kappa shape index (κ1) is 18.2. The van der Waals surface area contributed by atoms with Crippen molar-refractivity contribution in [3.05, 3.63) is 62.6 Å². The van der Waals surface area contributed by atoms with E-state index >= 15 is 0 Å². The molecule has 0 aliphatic carbocycles. The molecule has 0 atom stereocenters. The molecule has 7 heteroatoms. The highest BCUT2D eigenvalue weighted by Gasteiger charge is 2.18. The zero-order valence-electron chi connectivity index (χ0n) is 14.2. The van der Waals surface area contributed by atoms with Crippen molar-refractivity contribution in [1.29, 1.82) is 5.26 Å². The number of primary amides is 1. The van der Waals surface area contributed by atoms with Crippen molar-refractivity contribution in [2.45, 2.75) is 26.3 Å². The largest absolute Gasteiger partial charge is 0.366 e. The van der Waals surface area contributed by atoms with Crippen LogP contribution < -0.4 is 5.73 Å². The lowest BCUT2D eigenvalue weighted by Crippen LogP contribution is -2.13. The first-order chi connectivity index (χ1) is 12.5. The number of rotatable bonds is 6. The third-order valence-corrected chi connectivity index (χ3v) is 5.46. The van der Waals surface area contributed by atoms with Gasteiger partial charge in [0.25, 0.3) is 5.91 Å². The lowest BCUT2D eigenvalue weighted by Gasteiger charge is -2.11. The van der Waals surface area contributed by atoms with Gasteiger partial charge in [-0.2, -0.15) is 5.26 Å². The van der Waals surface area contributed by atoms with Gasteiger partial charge in [0.15, 0.2) is 0 Å². The Balaban J connectivity index is 1.98. The fraction of sp³-hybridized carbons (Fsp3) is 0.211. The molecule has 0 saturated carbocycles. The normalized spacial score (nSPS) is 10.7. The van der Waals surface area contributed by atoms with Gasteiger partial charge in [-0.25, -0.2) is 4.98 Å². The molecule has 0 spiro atoms. The maximum atomic E-state index is 11.8. The van der Waals surface area contributed by atoms with Gasteiger partial charge in [-0.15, -0.1) is 11.3 Å². The summed E-state index contributed by atoms with van der Waals surface area (Å²) in [7, 11) is 0. The van der Waals surface area contributed by atoms with Crippen LogP contribution in [0.2, 0.25) is 5.02 Å². The van der Waals surface area contributed by atoms with Crippen LogP contribution in [0.1, 0.15) is 26.6 Å². The van der Waals surface area contributed by atoms with Crippen LogP contribution in [0, 0.1) is 18.3 Å². The Kier molecular flexibility index (Phi) is 5.40. The van der Waals surface area contributed by atoms with Crippen molar-refractivity contribution < 1.29 is 4.79 Å². The van der Waals surface area contributed by atoms with Crippen LogP contribution in [-0.2, 0) is 19.4 Å². The minimum atomic E-state index is -0.465. The number of hydrogen-bond acceptors (Lipinski definition) is 4. The number of aromatic nitrogens is 2. The maximum Gasteiger partial charge on any atom is 0.250 e. The number of carbonyl (C=O) groups is 1. The fourth-order valence-corrected chi connectivity index (χ4v) is 3.86. The lowest BCUT2D eigenvalue weighted by atomic mass is 10.1. The van der Waals surface area contributed by atoms with Crippen molar-refractivity contribution in [3.63, 3.8) is 0 Å². The molecule has 0 radical (unpaired) electrons. The second kappa shape index (κ2) is 7.73. The quantitative estimate of drug-likeness (QED) is 0.697. The Labute approximate surface area is 160 Å². The smallest absolute Gasteiger partial charge is 0.250 e. The molecule has 26 heavy (non-hydrogen) atoms. The summed E-state index contributed by atoms with van der Waals surface area (Å²) in [6, 6.07) is 11.6. The van der Waals surface area contributed by atoms with Gasteiger partial charge in [0.1, 0.15) is 5.01 Å². The zero-order chi connectivity index (χ0) is 18.7. The van der Waals surface area contributed by atoms with Gasteiger partial charge >= 0.3 is 0 Å². The molecular formula is C19H17ClN4OS. The molecule has 3 aromatic rings. The molecule has 0 aliphatic rings. The summed E-state index contributed by atoms with van der Waals surface area (Å²) in [6.07, 6.45) is 0.988. The highest BCUT2D eigenvalue weighted by atomic mass is 35.5. The Hall–Kier alpha value is -2.62. The van der Waals surface area contributed by atoms with Gasteiger partial charge in [-0.05, 0) is 31.0 Å². The SMILES string of the molecule is Cc1c(C(N)=O)cc(-c2csc(CC#N)n2)n1CCc1ccccc1Cl. The predicted molar refractivity (Wildman–Crippen MR) is 103 cm³/mol. The second-order valence-electron chi connectivity index (χ2n) is 5.85. The summed E-state index contributed by atoms with van der Waals surface area (Å²) in [4.78, 5) is 16.3. The molecule has 132 valence electrons. The summed E-state index contributed by atoms with van der Waals surface area (Å²) in [5.41, 5.74) is 9.41. The maximum absolute atomic E-state index is 11.8. The van der Waals surface area contributed by atoms with Crippen LogP contribution in [0.4, 0.5) is 0 Å². The minimum Gasteiger partial charge on any atom is -0.366 e. The minimum absolute atomic E-state index is 0.270. The third kappa shape index (κ3) is 3.64. The van der Waals surface area contributed by atoms with E-state index in [0.717, 1.165) is 39.1 Å². The van der Waals surface area contributed by atoms with E-state index in [1.807, 2.05) is 41.1 Å². The topological polar surface area (TPSA) is 84.7 Å². The number of nitrogens with zero attached hydrogens (tertiary/aromatic N) is 3. The summed E-state index contributed by atoms with van der Waals surface area (Å²) < 4.78 is 2.04. The molecule has 0 aliphatic heterocycles. The van der Waals surface area contributed by atoms with Crippen molar-refractivity contribution in [1.82, 2.24) is 9.55 Å². The Morgan fingerprint density at radius 1 is 1.42 bits per heavy atom. The average molecular weight is 385 g/mol. The van der Waals surface area contributed by atoms with Gasteiger partial charge in [0.2, 0.25) is 0 Å². The second-order valence-corrected chi connectivity index (χ2v) is 7.20. The van der Waals surface area contributed by atoms with Crippen LogP contribution in [0.15, 0.2) is 35.7 Å². The summed E-state index contributed by atoms with van der Waals surface area (Å²) >= 11 is 7.69. The monoisotopic (exact) mass is 384 g/mol. The number of aryl methyl sites for hydroxylation is 1. The van der Waals surface area contributed by atoms with E-state index in [4.69, 9.17) is 22.6 Å². The molecule has 2 heterocycles. The van der Waals surface area contributed by atoms with Crippen molar-refractivity contribution in [3.8, 4) is 17.5 Å². The zero-order valence-corrected chi connectivity index (χ0v) is 15.8. The molecule has 2 aromatic heterocycles.